The number of rotatable bonds is 5. The van der Waals surface area contributed by atoms with Gasteiger partial charge in [0.1, 0.15) is 5.52 Å². The monoisotopic (exact) mass is 453 g/mol. The maximum absolute atomic E-state index is 12.3. The Morgan fingerprint density at radius 1 is 1.14 bits per heavy atom. The minimum Gasteiger partial charge on any atom is -0.480 e. The Kier molecular flexibility index (Phi) is 6.00. The Morgan fingerprint density at radius 2 is 1.86 bits per heavy atom. The molecule has 1 aromatic heterocycles. The first-order valence-electron chi connectivity index (χ1n) is 8.37. The molecule has 10 heteroatoms. The quantitative estimate of drug-likeness (QED) is 0.609. The number of primary sulfonamides is 1. The Bertz CT molecular complexity index is 1230. The number of hydrogen-bond acceptors (Lipinski definition) is 5. The lowest BCUT2D eigenvalue weighted by atomic mass is 10.2. The van der Waals surface area contributed by atoms with Gasteiger partial charge in [-0.05, 0) is 49.7 Å². The lowest BCUT2D eigenvalue weighted by Gasteiger charge is -2.13. The van der Waals surface area contributed by atoms with Crippen LogP contribution in [0.5, 0.6) is 5.75 Å². The van der Waals surface area contributed by atoms with E-state index in [1.165, 1.54) is 12.1 Å². The topological polar surface area (TPSA) is 111 Å². The second-order valence-corrected chi connectivity index (χ2v) is 8.72. The Balaban J connectivity index is 1.81. The van der Waals surface area contributed by atoms with Gasteiger partial charge in [-0.2, -0.15) is 0 Å². The van der Waals surface area contributed by atoms with Gasteiger partial charge < -0.3 is 10.1 Å². The van der Waals surface area contributed by atoms with Crippen LogP contribution in [0.2, 0.25) is 10.0 Å². The number of nitrogens with one attached hydrogen (secondary N) is 1. The van der Waals surface area contributed by atoms with Gasteiger partial charge >= 0.3 is 0 Å². The van der Waals surface area contributed by atoms with E-state index in [0.29, 0.717) is 21.5 Å². The molecule has 3 aromatic rings. The highest BCUT2D eigenvalue weighted by Crippen LogP contribution is 2.37. The summed E-state index contributed by atoms with van der Waals surface area (Å²) in [6.45, 7) is 3.05. The number of pyridine rings is 1. The van der Waals surface area contributed by atoms with Crippen LogP contribution in [0.25, 0.3) is 10.9 Å². The molecule has 0 fully saturated rings. The SMILES string of the molecule is Cc1ccc2c(Cl)cc(Cl)c(OCC(=O)Nc3ccc(C)c(S(N)(=O)=O)c3)c2n1. The van der Waals surface area contributed by atoms with Crippen LogP contribution in [0.1, 0.15) is 11.3 Å². The maximum atomic E-state index is 12.3. The van der Waals surface area contributed by atoms with Crippen LogP contribution in [0.3, 0.4) is 0 Å². The number of carbonyl (C=O) groups is 1. The summed E-state index contributed by atoms with van der Waals surface area (Å²) in [5, 5.41) is 9.05. The number of fused-ring (bicyclic) bond motifs is 1. The van der Waals surface area contributed by atoms with Gasteiger partial charge in [-0.1, -0.05) is 29.3 Å². The van der Waals surface area contributed by atoms with Crippen molar-refractivity contribution in [2.75, 3.05) is 11.9 Å². The fraction of sp³-hybridized carbons (Fsp3) is 0.158. The van der Waals surface area contributed by atoms with E-state index in [1.807, 2.05) is 6.92 Å². The van der Waals surface area contributed by atoms with Crippen LogP contribution in [0.15, 0.2) is 41.3 Å². The number of hydrogen-bond donors (Lipinski definition) is 2. The van der Waals surface area contributed by atoms with E-state index in [4.69, 9.17) is 33.1 Å². The first kappa shape index (κ1) is 21.3. The van der Waals surface area contributed by atoms with Gasteiger partial charge in [0.05, 0.1) is 14.9 Å². The van der Waals surface area contributed by atoms with E-state index >= 15 is 0 Å². The highest BCUT2D eigenvalue weighted by molar-refractivity contribution is 7.89. The van der Waals surface area contributed by atoms with Crippen LogP contribution < -0.4 is 15.2 Å². The number of benzene rings is 2. The molecule has 29 heavy (non-hydrogen) atoms. The van der Waals surface area contributed by atoms with Crippen molar-refractivity contribution in [1.82, 2.24) is 4.98 Å². The van der Waals surface area contributed by atoms with Crippen LogP contribution in [-0.4, -0.2) is 25.9 Å². The fourth-order valence-electron chi connectivity index (χ4n) is 2.75. The summed E-state index contributed by atoms with van der Waals surface area (Å²) in [5.41, 5.74) is 1.93. The number of nitrogens with zero attached hydrogens (tertiary/aromatic N) is 1. The van der Waals surface area contributed by atoms with Crippen molar-refractivity contribution >= 4 is 55.7 Å². The molecule has 2 aromatic carbocycles. The average molecular weight is 454 g/mol. The van der Waals surface area contributed by atoms with E-state index in [0.717, 1.165) is 5.69 Å². The normalized spacial score (nSPS) is 11.5. The molecule has 0 spiro atoms. The van der Waals surface area contributed by atoms with Crippen LogP contribution in [-0.2, 0) is 14.8 Å². The number of carbonyl (C=O) groups excluding carboxylic acids is 1. The molecule has 0 bridgehead atoms. The van der Waals surface area contributed by atoms with Crippen LogP contribution in [0.4, 0.5) is 5.69 Å². The molecule has 0 aliphatic rings. The maximum Gasteiger partial charge on any atom is 0.262 e. The van der Waals surface area contributed by atoms with E-state index in [-0.39, 0.29) is 28.0 Å². The minimum absolute atomic E-state index is 0.0670. The van der Waals surface area contributed by atoms with Gasteiger partial charge in [0.25, 0.3) is 5.91 Å². The molecule has 152 valence electrons. The number of sulfonamides is 1. The largest absolute Gasteiger partial charge is 0.480 e. The predicted molar refractivity (Wildman–Crippen MR) is 113 cm³/mol. The molecular formula is C19H17Cl2N3O4S. The molecule has 0 aliphatic heterocycles. The van der Waals surface area contributed by atoms with Gasteiger partial charge in [-0.3, -0.25) is 4.79 Å². The molecule has 1 heterocycles. The lowest BCUT2D eigenvalue weighted by Crippen LogP contribution is -2.21. The number of anilines is 1. The smallest absolute Gasteiger partial charge is 0.262 e. The van der Waals surface area contributed by atoms with Crippen molar-refractivity contribution in [3.63, 3.8) is 0 Å². The predicted octanol–water partition coefficient (Wildman–Crippen LogP) is 3.82. The van der Waals surface area contributed by atoms with E-state index < -0.39 is 15.9 Å². The first-order chi connectivity index (χ1) is 13.6. The van der Waals surface area contributed by atoms with Crippen molar-refractivity contribution in [3.05, 3.63) is 57.7 Å². The third-order valence-corrected chi connectivity index (χ3v) is 5.75. The summed E-state index contributed by atoms with van der Waals surface area (Å²) in [7, 11) is -3.91. The number of halogens is 2. The van der Waals surface area contributed by atoms with Crippen molar-refractivity contribution in [3.8, 4) is 5.75 Å². The van der Waals surface area contributed by atoms with Crippen molar-refractivity contribution in [2.24, 2.45) is 5.14 Å². The van der Waals surface area contributed by atoms with Crippen LogP contribution in [0, 0.1) is 13.8 Å². The summed E-state index contributed by atoms with van der Waals surface area (Å²) in [5.74, 6) is -0.278. The van der Waals surface area contributed by atoms with Gasteiger partial charge in [-0.25, -0.2) is 18.5 Å². The summed E-state index contributed by atoms with van der Waals surface area (Å²) in [6.07, 6.45) is 0. The third kappa shape index (κ3) is 4.79. The van der Waals surface area contributed by atoms with Crippen molar-refractivity contribution in [1.29, 1.82) is 0 Å². The van der Waals surface area contributed by atoms with E-state index in [2.05, 4.69) is 10.3 Å². The number of ether oxygens (including phenoxy) is 1. The molecule has 3 rings (SSSR count). The zero-order valence-corrected chi connectivity index (χ0v) is 17.8. The summed E-state index contributed by atoms with van der Waals surface area (Å²) >= 11 is 12.4. The van der Waals surface area contributed by atoms with E-state index in [1.54, 1.807) is 31.2 Å². The Labute approximate surface area is 177 Å². The second kappa shape index (κ2) is 8.16. The molecule has 3 N–H and O–H groups in total. The Morgan fingerprint density at radius 3 is 2.55 bits per heavy atom. The van der Waals surface area contributed by atoms with Gasteiger partial charge in [0.2, 0.25) is 10.0 Å². The zero-order chi connectivity index (χ0) is 21.3. The molecule has 0 atom stereocenters. The highest BCUT2D eigenvalue weighted by Gasteiger charge is 2.16. The van der Waals surface area contributed by atoms with Gasteiger partial charge in [0.15, 0.2) is 12.4 Å². The number of aryl methyl sites for hydroxylation is 2. The Hall–Kier alpha value is -2.39. The molecule has 0 saturated carbocycles. The summed E-state index contributed by atoms with van der Waals surface area (Å²) < 4.78 is 28.9. The molecular weight excluding hydrogens is 437 g/mol. The summed E-state index contributed by atoms with van der Waals surface area (Å²) in [6, 6.07) is 9.53. The lowest BCUT2D eigenvalue weighted by molar-refractivity contribution is -0.118. The van der Waals surface area contributed by atoms with Crippen molar-refractivity contribution in [2.45, 2.75) is 18.7 Å². The number of amides is 1. The summed E-state index contributed by atoms with van der Waals surface area (Å²) in [4.78, 5) is 16.6. The second-order valence-electron chi connectivity index (χ2n) is 6.38. The van der Waals surface area contributed by atoms with E-state index in [9.17, 15) is 13.2 Å². The molecule has 0 saturated heterocycles. The molecule has 1 amide bonds. The number of nitrogens with two attached hydrogens (primary N) is 1. The zero-order valence-electron chi connectivity index (χ0n) is 15.5. The standard InChI is InChI=1S/C19H17Cl2N3O4S/c1-10-3-5-12(7-16(10)29(22,26)27)24-17(25)9-28-19-15(21)8-14(20)13-6-4-11(2)23-18(13)19/h3-8H,9H2,1-2H3,(H,24,25)(H2,22,26,27). The average Bonchev–Trinajstić information content (AvgIpc) is 2.62. The van der Waals surface area contributed by atoms with Crippen molar-refractivity contribution < 1.29 is 17.9 Å². The molecule has 7 nitrogen and oxygen atoms in total. The minimum atomic E-state index is -3.91. The first-order valence-corrected chi connectivity index (χ1v) is 10.7. The van der Waals surface area contributed by atoms with Gasteiger partial charge in [0, 0.05) is 16.8 Å². The molecule has 0 aliphatic carbocycles. The molecule has 0 radical (unpaired) electrons. The van der Waals surface area contributed by atoms with Gasteiger partial charge in [-0.15, -0.1) is 0 Å². The molecule has 0 unspecified atom stereocenters. The number of aromatic nitrogens is 1. The van der Waals surface area contributed by atoms with Crippen LogP contribution >= 0.6 is 23.2 Å². The fourth-order valence-corrected chi connectivity index (χ4v) is 4.13. The third-order valence-electron chi connectivity index (χ3n) is 4.10. The highest BCUT2D eigenvalue weighted by atomic mass is 35.5.